The van der Waals surface area contributed by atoms with Gasteiger partial charge in [-0.15, -0.1) is 0 Å². The molecule has 5 rings (SSSR count). The second-order valence-electron chi connectivity index (χ2n) is 8.71. The quantitative estimate of drug-likeness (QED) is 0.400. The van der Waals surface area contributed by atoms with E-state index in [9.17, 15) is 8.42 Å². The van der Waals surface area contributed by atoms with E-state index in [-0.39, 0.29) is 0 Å². The predicted octanol–water partition coefficient (Wildman–Crippen LogP) is 3.75. The van der Waals surface area contributed by atoms with E-state index in [0.29, 0.717) is 11.6 Å². The van der Waals surface area contributed by atoms with Crippen molar-refractivity contribution >= 4 is 44.8 Å². The van der Waals surface area contributed by atoms with Gasteiger partial charge in [0.15, 0.2) is 0 Å². The van der Waals surface area contributed by atoms with Crippen LogP contribution in [-0.2, 0) is 10.9 Å². The number of hydrogen-bond donors (Lipinski definition) is 2. The SMILES string of the molecule is CN1CCN(c2ccc(-c3cccc4cnc(Nc5ccc(N(C)[SH](=O)=O)cc5)nc34)cc2)CC1. The fourth-order valence-electron chi connectivity index (χ4n) is 4.25. The maximum absolute atomic E-state index is 11.2. The first-order valence-corrected chi connectivity index (χ1v) is 12.7. The summed E-state index contributed by atoms with van der Waals surface area (Å²) in [4.78, 5) is 14.1. The van der Waals surface area contributed by atoms with Crippen LogP contribution in [0, 0.1) is 0 Å². The number of piperazine rings is 1. The van der Waals surface area contributed by atoms with Gasteiger partial charge in [0.05, 0.1) is 11.2 Å². The van der Waals surface area contributed by atoms with Crippen molar-refractivity contribution < 1.29 is 8.42 Å². The molecular weight excluding hydrogens is 460 g/mol. The highest BCUT2D eigenvalue weighted by atomic mass is 32.2. The number of anilines is 4. The zero-order valence-electron chi connectivity index (χ0n) is 19.8. The Balaban J connectivity index is 1.39. The predicted molar refractivity (Wildman–Crippen MR) is 143 cm³/mol. The van der Waals surface area contributed by atoms with E-state index < -0.39 is 10.9 Å². The van der Waals surface area contributed by atoms with E-state index in [0.717, 1.165) is 53.9 Å². The molecule has 1 fully saturated rings. The van der Waals surface area contributed by atoms with Gasteiger partial charge in [0.1, 0.15) is 0 Å². The molecule has 180 valence electrons. The van der Waals surface area contributed by atoms with Gasteiger partial charge in [0.2, 0.25) is 16.8 Å². The Kier molecular flexibility index (Phi) is 6.52. The molecule has 1 aliphatic heterocycles. The third-order valence-corrected chi connectivity index (χ3v) is 7.12. The van der Waals surface area contributed by atoms with E-state index in [1.165, 1.54) is 17.0 Å². The monoisotopic (exact) mass is 488 g/mol. The lowest BCUT2D eigenvalue weighted by molar-refractivity contribution is 0.313. The van der Waals surface area contributed by atoms with E-state index in [4.69, 9.17) is 4.98 Å². The normalized spacial score (nSPS) is 14.4. The molecule has 2 heterocycles. The van der Waals surface area contributed by atoms with Gasteiger partial charge in [-0.1, -0.05) is 30.3 Å². The van der Waals surface area contributed by atoms with Crippen molar-refractivity contribution in [3.63, 3.8) is 0 Å². The average Bonchev–Trinajstić information content (AvgIpc) is 2.89. The average molecular weight is 489 g/mol. The number of nitrogens with zero attached hydrogens (tertiary/aromatic N) is 5. The van der Waals surface area contributed by atoms with Gasteiger partial charge in [-0.3, -0.25) is 4.31 Å². The molecule has 0 saturated carbocycles. The fourth-order valence-corrected chi connectivity index (χ4v) is 4.57. The number of nitrogens with one attached hydrogen (secondary N) is 1. The van der Waals surface area contributed by atoms with E-state index in [1.54, 1.807) is 24.3 Å². The first-order chi connectivity index (χ1) is 17.0. The Morgan fingerprint density at radius 1 is 0.914 bits per heavy atom. The molecule has 0 bridgehead atoms. The van der Waals surface area contributed by atoms with Crippen LogP contribution in [0.3, 0.4) is 0 Å². The Bertz CT molecular complexity index is 1390. The van der Waals surface area contributed by atoms with Gasteiger partial charge >= 0.3 is 0 Å². The van der Waals surface area contributed by atoms with Crippen LogP contribution in [0.4, 0.5) is 23.0 Å². The van der Waals surface area contributed by atoms with Crippen LogP contribution in [-0.4, -0.2) is 63.6 Å². The van der Waals surface area contributed by atoms with Crippen molar-refractivity contribution in [2.24, 2.45) is 0 Å². The minimum atomic E-state index is -2.67. The summed E-state index contributed by atoms with van der Waals surface area (Å²) < 4.78 is 23.6. The number of thiol groups is 1. The van der Waals surface area contributed by atoms with Crippen LogP contribution in [0.5, 0.6) is 0 Å². The molecule has 4 aromatic rings. The molecular formula is C26H28N6O2S. The molecule has 0 amide bonds. The van der Waals surface area contributed by atoms with E-state index in [2.05, 4.69) is 57.5 Å². The highest BCUT2D eigenvalue weighted by Gasteiger charge is 2.15. The van der Waals surface area contributed by atoms with Crippen LogP contribution in [0.2, 0.25) is 0 Å². The summed E-state index contributed by atoms with van der Waals surface area (Å²) in [5.74, 6) is 0.481. The summed E-state index contributed by atoms with van der Waals surface area (Å²) in [5, 5.41) is 4.19. The van der Waals surface area contributed by atoms with Gasteiger partial charge < -0.3 is 15.1 Å². The summed E-state index contributed by atoms with van der Waals surface area (Å²) >= 11 is 0. The Morgan fingerprint density at radius 2 is 1.63 bits per heavy atom. The topological polar surface area (TPSA) is 81.7 Å². The maximum Gasteiger partial charge on any atom is 0.227 e. The molecule has 1 saturated heterocycles. The lowest BCUT2D eigenvalue weighted by Gasteiger charge is -2.34. The number of para-hydroxylation sites is 1. The van der Waals surface area contributed by atoms with E-state index in [1.807, 2.05) is 18.3 Å². The minimum absolute atomic E-state index is 0.481. The summed E-state index contributed by atoms with van der Waals surface area (Å²) in [6.45, 7) is 4.24. The largest absolute Gasteiger partial charge is 0.369 e. The Labute approximate surface area is 206 Å². The number of rotatable bonds is 6. The summed E-state index contributed by atoms with van der Waals surface area (Å²) in [6.07, 6.45) is 1.82. The molecule has 0 aliphatic carbocycles. The number of fused-ring (bicyclic) bond motifs is 1. The van der Waals surface area contributed by atoms with Gasteiger partial charge in [0, 0.05) is 61.7 Å². The molecule has 1 aromatic heterocycles. The van der Waals surface area contributed by atoms with Crippen LogP contribution in [0.1, 0.15) is 0 Å². The molecule has 0 spiro atoms. The Hall–Kier alpha value is -3.69. The highest BCUT2D eigenvalue weighted by Crippen LogP contribution is 2.30. The van der Waals surface area contributed by atoms with Crippen LogP contribution >= 0.6 is 0 Å². The number of hydrogen-bond acceptors (Lipinski definition) is 7. The van der Waals surface area contributed by atoms with Gasteiger partial charge in [-0.05, 0) is 49.0 Å². The molecule has 0 unspecified atom stereocenters. The van der Waals surface area contributed by atoms with Crippen molar-refractivity contribution in [3.8, 4) is 11.1 Å². The minimum Gasteiger partial charge on any atom is -0.369 e. The molecule has 1 N–H and O–H groups in total. The summed E-state index contributed by atoms with van der Waals surface area (Å²) in [5.41, 5.74) is 5.64. The molecule has 8 nitrogen and oxygen atoms in total. The smallest absolute Gasteiger partial charge is 0.227 e. The van der Waals surface area contributed by atoms with E-state index >= 15 is 0 Å². The molecule has 3 aromatic carbocycles. The van der Waals surface area contributed by atoms with Crippen LogP contribution in [0.25, 0.3) is 22.0 Å². The van der Waals surface area contributed by atoms with Gasteiger partial charge in [-0.2, -0.15) is 0 Å². The number of benzene rings is 3. The van der Waals surface area contributed by atoms with Gasteiger partial charge in [0.25, 0.3) is 0 Å². The maximum atomic E-state index is 11.2. The fraction of sp³-hybridized carbons (Fsp3) is 0.231. The first kappa shape index (κ1) is 23.1. The van der Waals surface area contributed by atoms with Gasteiger partial charge in [-0.25, -0.2) is 18.4 Å². The highest BCUT2D eigenvalue weighted by molar-refractivity contribution is 7.74. The zero-order chi connectivity index (χ0) is 24.4. The molecule has 1 aliphatic rings. The second-order valence-corrected chi connectivity index (χ2v) is 9.78. The lowest BCUT2D eigenvalue weighted by atomic mass is 10.0. The lowest BCUT2D eigenvalue weighted by Crippen LogP contribution is -2.44. The van der Waals surface area contributed by atoms with Crippen LogP contribution < -0.4 is 14.5 Å². The number of aromatic nitrogens is 2. The molecule has 9 heteroatoms. The third kappa shape index (κ3) is 5.06. The van der Waals surface area contributed by atoms with Crippen molar-refractivity contribution in [2.45, 2.75) is 0 Å². The van der Waals surface area contributed by atoms with Crippen LogP contribution in [0.15, 0.2) is 72.9 Å². The summed E-state index contributed by atoms with van der Waals surface area (Å²) in [6, 6.07) is 21.9. The zero-order valence-corrected chi connectivity index (χ0v) is 20.7. The van der Waals surface area contributed by atoms with Crippen molar-refractivity contribution in [3.05, 3.63) is 72.9 Å². The molecule has 0 radical (unpaired) electrons. The number of likely N-dealkylation sites (N-methyl/N-ethyl adjacent to an activating group) is 1. The first-order valence-electron chi connectivity index (χ1n) is 11.5. The molecule has 0 atom stereocenters. The molecule has 35 heavy (non-hydrogen) atoms. The third-order valence-electron chi connectivity index (χ3n) is 6.40. The van der Waals surface area contributed by atoms with Crippen molar-refractivity contribution in [1.82, 2.24) is 14.9 Å². The van der Waals surface area contributed by atoms with Crippen molar-refractivity contribution in [2.75, 3.05) is 54.8 Å². The van der Waals surface area contributed by atoms with Crippen molar-refractivity contribution in [1.29, 1.82) is 0 Å². The second kappa shape index (κ2) is 9.89. The Morgan fingerprint density at radius 3 is 2.31 bits per heavy atom. The standard InChI is InChI=1S/C26H28N6O2S/c1-30-14-16-32(17-15-30)23-10-6-19(7-11-23)24-5-3-4-20-18-27-26(29-25(20)24)28-21-8-12-22(13-9-21)31(2)35(33)34/h3-13,18,35H,14-17H2,1-2H3,(H,27,28,29). The summed E-state index contributed by atoms with van der Waals surface area (Å²) in [7, 11) is 1.01.